The normalized spacial score (nSPS) is 12.7. The highest BCUT2D eigenvalue weighted by molar-refractivity contribution is 6.30. The second-order valence-electron chi connectivity index (χ2n) is 8.79. The minimum absolute atomic E-state index is 0.00333. The third kappa shape index (κ3) is 4.32. The van der Waals surface area contributed by atoms with E-state index < -0.39 is 32.0 Å². The summed E-state index contributed by atoms with van der Waals surface area (Å²) in [6.45, 7) is 0. The molecule has 13 nitrogen and oxygen atoms in total. The molecule has 0 radical (unpaired) electrons. The lowest BCUT2D eigenvalue weighted by molar-refractivity contribution is -0.385. The van der Waals surface area contributed by atoms with E-state index in [-0.39, 0.29) is 56.3 Å². The maximum absolute atomic E-state index is 12.5. The zero-order chi connectivity index (χ0) is 29.6. The van der Waals surface area contributed by atoms with E-state index in [2.05, 4.69) is 0 Å². The molecule has 13 heteroatoms. The lowest BCUT2D eigenvalue weighted by Crippen LogP contribution is -2.22. The van der Waals surface area contributed by atoms with Gasteiger partial charge in [0.2, 0.25) is 5.78 Å². The molecule has 0 spiro atoms. The van der Waals surface area contributed by atoms with Crippen molar-refractivity contribution >= 4 is 40.2 Å². The van der Waals surface area contributed by atoms with Gasteiger partial charge in [0.1, 0.15) is 5.56 Å². The second kappa shape index (κ2) is 9.81. The number of ketones is 4. The standard InChI is InChI=1S/C14H6N2O6.C14H7NO4/c17-13-8-5-4-7(15(19)20)6-10(8)14(18)12-9(13)2-1-3-11(12)16(21)22;16-13-9-3-1-2-4-10(9)14(17)12-7-8(15(18)19)5-6-11(12)13/h1-6H;1-7H. The highest BCUT2D eigenvalue weighted by Gasteiger charge is 2.36. The van der Waals surface area contributed by atoms with Crippen molar-refractivity contribution in [1.29, 1.82) is 0 Å². The molecule has 2 aliphatic rings. The number of hydrogen-bond acceptors (Lipinski definition) is 10. The Morgan fingerprint density at radius 1 is 0.415 bits per heavy atom. The van der Waals surface area contributed by atoms with Crippen molar-refractivity contribution in [1.82, 2.24) is 0 Å². The predicted molar refractivity (Wildman–Crippen MR) is 139 cm³/mol. The van der Waals surface area contributed by atoms with Gasteiger partial charge in [0.25, 0.3) is 17.1 Å². The maximum atomic E-state index is 12.5. The van der Waals surface area contributed by atoms with Gasteiger partial charge in [0, 0.05) is 69.3 Å². The van der Waals surface area contributed by atoms with E-state index in [9.17, 15) is 49.5 Å². The minimum atomic E-state index is -0.763. The summed E-state index contributed by atoms with van der Waals surface area (Å²) in [6.07, 6.45) is 0. The van der Waals surface area contributed by atoms with Crippen molar-refractivity contribution < 1.29 is 33.9 Å². The number of benzene rings is 4. The molecule has 0 amide bonds. The Kier molecular flexibility index (Phi) is 6.31. The molecule has 0 atom stereocenters. The maximum Gasteiger partial charge on any atom is 0.281 e. The fourth-order valence-electron chi connectivity index (χ4n) is 4.63. The van der Waals surface area contributed by atoms with Gasteiger partial charge in [-0.25, -0.2) is 0 Å². The molecule has 0 bridgehead atoms. The lowest BCUT2D eigenvalue weighted by atomic mass is 9.83. The Hall–Kier alpha value is -6.24. The molecule has 0 aromatic heterocycles. The van der Waals surface area contributed by atoms with Crippen molar-refractivity contribution in [3.05, 3.63) is 154 Å². The minimum Gasteiger partial charge on any atom is -0.289 e. The summed E-state index contributed by atoms with van der Waals surface area (Å²) >= 11 is 0. The molecule has 0 unspecified atom stereocenters. The number of non-ortho nitro benzene ring substituents is 2. The summed E-state index contributed by atoms with van der Waals surface area (Å²) in [5.41, 5.74) is -0.688. The fraction of sp³-hybridized carbons (Fsp3) is 0. The van der Waals surface area contributed by atoms with Gasteiger partial charge in [-0.15, -0.1) is 0 Å². The Morgan fingerprint density at radius 3 is 1.32 bits per heavy atom. The first-order chi connectivity index (χ1) is 19.5. The van der Waals surface area contributed by atoms with Crippen molar-refractivity contribution in [3.63, 3.8) is 0 Å². The van der Waals surface area contributed by atoms with Gasteiger partial charge >= 0.3 is 0 Å². The Balaban J connectivity index is 0.000000166. The molecule has 0 saturated carbocycles. The summed E-state index contributed by atoms with van der Waals surface area (Å²) in [6, 6.07) is 17.2. The van der Waals surface area contributed by atoms with Crippen LogP contribution in [-0.2, 0) is 0 Å². The van der Waals surface area contributed by atoms with Gasteiger partial charge in [-0.2, -0.15) is 0 Å². The monoisotopic (exact) mass is 551 g/mol. The van der Waals surface area contributed by atoms with Gasteiger partial charge in [0.15, 0.2) is 17.3 Å². The first-order valence-electron chi connectivity index (χ1n) is 11.6. The van der Waals surface area contributed by atoms with Crippen LogP contribution >= 0.6 is 0 Å². The van der Waals surface area contributed by atoms with Crippen LogP contribution in [0.1, 0.15) is 63.7 Å². The van der Waals surface area contributed by atoms with Crippen LogP contribution in [0.5, 0.6) is 0 Å². The van der Waals surface area contributed by atoms with Crippen molar-refractivity contribution in [2.45, 2.75) is 0 Å². The third-order valence-corrected chi connectivity index (χ3v) is 6.53. The Labute approximate surface area is 228 Å². The van der Waals surface area contributed by atoms with E-state index >= 15 is 0 Å². The molecule has 0 heterocycles. The average molecular weight is 551 g/mol. The smallest absolute Gasteiger partial charge is 0.281 e. The van der Waals surface area contributed by atoms with E-state index in [0.29, 0.717) is 11.1 Å². The number of hydrogen-bond donors (Lipinski definition) is 0. The molecule has 4 aromatic rings. The SMILES string of the molecule is O=C1c2ccc([N+](=O)[O-])cc2C(=O)c2c1cccc2[N+](=O)[O-].O=C1c2ccccc2C(=O)c2cc([N+](=O)[O-])ccc21. The van der Waals surface area contributed by atoms with E-state index in [1.807, 2.05) is 0 Å². The Morgan fingerprint density at radius 2 is 0.829 bits per heavy atom. The van der Waals surface area contributed by atoms with Crippen molar-refractivity contribution in [2.24, 2.45) is 0 Å². The molecular weight excluding hydrogens is 538 g/mol. The van der Waals surface area contributed by atoms with Crippen LogP contribution in [0.15, 0.2) is 78.9 Å². The van der Waals surface area contributed by atoms with E-state index in [1.54, 1.807) is 24.3 Å². The molecule has 4 aromatic carbocycles. The van der Waals surface area contributed by atoms with E-state index in [1.165, 1.54) is 30.3 Å². The Bertz CT molecular complexity index is 1910. The van der Waals surface area contributed by atoms with Crippen LogP contribution in [0.3, 0.4) is 0 Å². The highest BCUT2D eigenvalue weighted by Crippen LogP contribution is 2.34. The number of nitro benzene ring substituents is 3. The van der Waals surface area contributed by atoms with Crippen LogP contribution in [0.25, 0.3) is 0 Å². The summed E-state index contributed by atoms with van der Waals surface area (Å²) in [7, 11) is 0. The van der Waals surface area contributed by atoms with Crippen LogP contribution < -0.4 is 0 Å². The van der Waals surface area contributed by atoms with E-state index in [0.717, 1.165) is 24.3 Å². The molecule has 0 aliphatic heterocycles. The number of carbonyl (C=O) groups is 4. The number of fused-ring (bicyclic) bond motifs is 4. The zero-order valence-electron chi connectivity index (χ0n) is 20.4. The molecular formula is C28H13N3O10. The summed E-state index contributed by atoms with van der Waals surface area (Å²) in [4.78, 5) is 79.8. The quantitative estimate of drug-likeness (QED) is 0.220. The molecule has 6 rings (SSSR count). The fourth-order valence-corrected chi connectivity index (χ4v) is 4.63. The lowest BCUT2D eigenvalue weighted by Gasteiger charge is -2.16. The molecule has 41 heavy (non-hydrogen) atoms. The second-order valence-corrected chi connectivity index (χ2v) is 8.79. The number of nitrogens with zero attached hydrogens (tertiary/aromatic N) is 3. The first-order valence-corrected chi connectivity index (χ1v) is 11.6. The molecule has 0 fully saturated rings. The zero-order valence-corrected chi connectivity index (χ0v) is 20.4. The number of carbonyl (C=O) groups excluding carboxylic acids is 4. The summed E-state index contributed by atoms with van der Waals surface area (Å²) in [5, 5.41) is 32.6. The van der Waals surface area contributed by atoms with Gasteiger partial charge in [0.05, 0.1) is 14.8 Å². The van der Waals surface area contributed by atoms with Gasteiger partial charge in [-0.3, -0.25) is 49.5 Å². The molecule has 2 aliphatic carbocycles. The topological polar surface area (TPSA) is 198 Å². The van der Waals surface area contributed by atoms with Gasteiger partial charge < -0.3 is 0 Å². The molecule has 0 saturated heterocycles. The predicted octanol–water partition coefficient (Wildman–Crippen LogP) is 4.65. The first kappa shape index (κ1) is 26.4. The molecule has 0 N–H and O–H groups in total. The number of rotatable bonds is 3. The van der Waals surface area contributed by atoms with Crippen LogP contribution in [0, 0.1) is 30.3 Å². The summed E-state index contributed by atoms with van der Waals surface area (Å²) in [5.74, 6) is -1.96. The van der Waals surface area contributed by atoms with Crippen LogP contribution in [-0.4, -0.2) is 37.9 Å². The van der Waals surface area contributed by atoms with Crippen molar-refractivity contribution in [3.8, 4) is 0 Å². The largest absolute Gasteiger partial charge is 0.289 e. The molecule has 200 valence electrons. The van der Waals surface area contributed by atoms with Crippen LogP contribution in [0.4, 0.5) is 17.1 Å². The van der Waals surface area contributed by atoms with E-state index in [4.69, 9.17) is 0 Å². The van der Waals surface area contributed by atoms with Crippen LogP contribution in [0.2, 0.25) is 0 Å². The summed E-state index contributed by atoms with van der Waals surface area (Å²) < 4.78 is 0. The number of nitro groups is 3. The van der Waals surface area contributed by atoms with Gasteiger partial charge in [-0.1, -0.05) is 30.3 Å². The van der Waals surface area contributed by atoms with Crippen molar-refractivity contribution in [2.75, 3.05) is 0 Å². The highest BCUT2D eigenvalue weighted by atomic mass is 16.6. The third-order valence-electron chi connectivity index (χ3n) is 6.53. The average Bonchev–Trinajstić information content (AvgIpc) is 2.98. The van der Waals surface area contributed by atoms with Gasteiger partial charge in [-0.05, 0) is 18.2 Å².